The molecule has 21 heavy (non-hydrogen) atoms. The first-order chi connectivity index (χ1) is 9.85. The van der Waals surface area contributed by atoms with Crippen molar-refractivity contribution in [1.29, 1.82) is 0 Å². The number of hydrogen-bond donors (Lipinski definition) is 2. The lowest BCUT2D eigenvalue weighted by atomic mass is 10.2. The highest BCUT2D eigenvalue weighted by Crippen LogP contribution is 2.25. The molecule has 0 atom stereocenters. The highest BCUT2D eigenvalue weighted by molar-refractivity contribution is 9.10. The summed E-state index contributed by atoms with van der Waals surface area (Å²) in [5.74, 6) is -0.808. The van der Waals surface area contributed by atoms with E-state index in [1.807, 2.05) is 11.4 Å². The smallest absolute Gasteiger partial charge is 0.241 e. The van der Waals surface area contributed by atoms with Crippen LogP contribution in [-0.4, -0.2) is 8.42 Å². The summed E-state index contributed by atoms with van der Waals surface area (Å²) in [5, 5.41) is 1.68. The van der Waals surface area contributed by atoms with Crippen molar-refractivity contribution in [1.82, 2.24) is 4.72 Å². The molecule has 2 aromatic rings. The second kappa shape index (κ2) is 6.72. The molecule has 3 N–H and O–H groups in total. The Bertz CT molecular complexity index is 765. The third kappa shape index (κ3) is 3.82. The Morgan fingerprint density at radius 3 is 2.71 bits per heavy atom. The van der Waals surface area contributed by atoms with Crippen molar-refractivity contribution in [3.05, 3.63) is 49.3 Å². The quantitative estimate of drug-likeness (QED) is 0.790. The lowest BCUT2D eigenvalue weighted by Gasteiger charge is -2.09. The van der Waals surface area contributed by atoms with Crippen molar-refractivity contribution in [3.8, 4) is 0 Å². The summed E-state index contributed by atoms with van der Waals surface area (Å²) in [4.78, 5) is 0.629. The predicted octanol–water partition coefficient (Wildman–Crippen LogP) is 3.24. The van der Waals surface area contributed by atoms with Crippen molar-refractivity contribution >= 4 is 48.9 Å². The van der Waals surface area contributed by atoms with Crippen LogP contribution in [0.25, 0.3) is 0 Å². The van der Waals surface area contributed by atoms with Gasteiger partial charge < -0.3 is 5.73 Å². The zero-order chi connectivity index (χ0) is 15.6. The van der Waals surface area contributed by atoms with Gasteiger partial charge in [0.05, 0.1) is 9.92 Å². The highest BCUT2D eigenvalue weighted by atomic mass is 79.9. The van der Waals surface area contributed by atoms with Crippen LogP contribution < -0.4 is 10.5 Å². The molecule has 0 fully saturated rings. The van der Waals surface area contributed by atoms with Crippen LogP contribution in [0, 0.1) is 5.82 Å². The molecule has 0 aliphatic carbocycles. The van der Waals surface area contributed by atoms with Crippen molar-refractivity contribution in [2.24, 2.45) is 5.73 Å². The average molecular weight is 414 g/mol. The molecule has 0 spiro atoms. The summed E-state index contributed by atoms with van der Waals surface area (Å²) in [7, 11) is -3.84. The summed E-state index contributed by atoms with van der Waals surface area (Å²) < 4.78 is 41.3. The molecule has 114 valence electrons. The summed E-state index contributed by atoms with van der Waals surface area (Å²) in [6.45, 7) is 0.0678. The van der Waals surface area contributed by atoms with Crippen LogP contribution in [0.1, 0.15) is 10.4 Å². The van der Waals surface area contributed by atoms with E-state index < -0.39 is 15.8 Å². The molecule has 0 saturated carbocycles. The maximum atomic E-state index is 13.6. The molecule has 0 aliphatic rings. The standard InChI is InChI=1S/C12H11BrClFN2O2S2/c13-9-1-2-20-11(9)6-17-21(18,19)8-3-7(5-16)12(14)10(15)4-8/h1-4,17H,5-6,16H2. The number of thiophene rings is 1. The molecular weight excluding hydrogens is 403 g/mol. The Hall–Kier alpha value is -0.510. The minimum atomic E-state index is -3.84. The first-order valence-electron chi connectivity index (χ1n) is 5.74. The SMILES string of the molecule is NCc1cc(S(=O)(=O)NCc2sccc2Br)cc(F)c1Cl. The van der Waals surface area contributed by atoms with E-state index in [9.17, 15) is 12.8 Å². The number of benzene rings is 1. The monoisotopic (exact) mass is 412 g/mol. The molecule has 0 unspecified atom stereocenters. The van der Waals surface area contributed by atoms with Crippen LogP contribution in [-0.2, 0) is 23.1 Å². The van der Waals surface area contributed by atoms with Gasteiger partial charge in [0.1, 0.15) is 5.82 Å². The van der Waals surface area contributed by atoms with E-state index in [1.165, 1.54) is 17.4 Å². The minimum absolute atomic E-state index is 0.0460. The molecule has 1 aromatic heterocycles. The number of nitrogens with two attached hydrogens (primary N) is 1. The van der Waals surface area contributed by atoms with Gasteiger partial charge in [0.15, 0.2) is 0 Å². The fraction of sp³-hybridized carbons (Fsp3) is 0.167. The molecular formula is C12H11BrClFN2O2S2. The number of halogens is 3. The molecule has 2 rings (SSSR count). The summed E-state index contributed by atoms with van der Waals surface area (Å²) in [6.07, 6.45) is 0. The molecule has 0 bridgehead atoms. The van der Waals surface area contributed by atoms with E-state index in [-0.39, 0.29) is 28.6 Å². The first-order valence-corrected chi connectivity index (χ1v) is 9.28. The molecule has 0 saturated heterocycles. The van der Waals surface area contributed by atoms with Gasteiger partial charge >= 0.3 is 0 Å². The third-order valence-corrected chi connectivity index (χ3v) is 6.45. The van der Waals surface area contributed by atoms with E-state index in [1.54, 1.807) is 0 Å². The average Bonchev–Trinajstić information content (AvgIpc) is 2.85. The third-order valence-electron chi connectivity index (χ3n) is 2.72. The van der Waals surface area contributed by atoms with Crippen LogP contribution in [0.5, 0.6) is 0 Å². The van der Waals surface area contributed by atoms with Crippen LogP contribution in [0.15, 0.2) is 32.9 Å². The van der Waals surface area contributed by atoms with Crippen molar-refractivity contribution in [3.63, 3.8) is 0 Å². The largest absolute Gasteiger partial charge is 0.326 e. The Balaban J connectivity index is 2.27. The van der Waals surface area contributed by atoms with Crippen LogP contribution in [0.4, 0.5) is 4.39 Å². The van der Waals surface area contributed by atoms with E-state index in [0.717, 1.165) is 15.4 Å². The first kappa shape index (κ1) is 16.9. The van der Waals surface area contributed by atoms with Gasteiger partial charge in [-0.2, -0.15) is 0 Å². The van der Waals surface area contributed by atoms with Crippen molar-refractivity contribution < 1.29 is 12.8 Å². The molecule has 0 amide bonds. The summed E-state index contributed by atoms with van der Waals surface area (Å²) in [6, 6.07) is 3.98. The van der Waals surface area contributed by atoms with Gasteiger partial charge in [-0.25, -0.2) is 17.5 Å². The van der Waals surface area contributed by atoms with Crippen LogP contribution in [0.3, 0.4) is 0 Å². The van der Waals surface area contributed by atoms with E-state index in [0.29, 0.717) is 0 Å². The second-order valence-electron chi connectivity index (χ2n) is 4.10. The molecule has 0 radical (unpaired) electrons. The predicted molar refractivity (Wildman–Crippen MR) is 85.3 cm³/mol. The Labute approximate surface area is 139 Å². The van der Waals surface area contributed by atoms with Gasteiger partial charge in [-0.05, 0) is 45.1 Å². The van der Waals surface area contributed by atoms with Crippen LogP contribution >= 0.6 is 38.9 Å². The maximum Gasteiger partial charge on any atom is 0.241 e. The summed E-state index contributed by atoms with van der Waals surface area (Å²) >= 11 is 10.4. The van der Waals surface area contributed by atoms with Crippen molar-refractivity contribution in [2.75, 3.05) is 0 Å². The number of nitrogens with one attached hydrogen (secondary N) is 1. The highest BCUT2D eigenvalue weighted by Gasteiger charge is 2.19. The van der Waals surface area contributed by atoms with Gasteiger partial charge in [-0.1, -0.05) is 11.6 Å². The lowest BCUT2D eigenvalue weighted by molar-refractivity contribution is 0.577. The van der Waals surface area contributed by atoms with Crippen molar-refractivity contribution in [2.45, 2.75) is 18.0 Å². The Kier molecular flexibility index (Phi) is 5.39. The number of hydrogen-bond acceptors (Lipinski definition) is 4. The zero-order valence-electron chi connectivity index (χ0n) is 10.6. The fourth-order valence-corrected chi connectivity index (χ4v) is 4.38. The van der Waals surface area contributed by atoms with E-state index >= 15 is 0 Å². The lowest BCUT2D eigenvalue weighted by Crippen LogP contribution is -2.23. The van der Waals surface area contributed by atoms with Crippen LogP contribution in [0.2, 0.25) is 5.02 Å². The maximum absolute atomic E-state index is 13.6. The second-order valence-corrected chi connectivity index (χ2v) is 8.10. The minimum Gasteiger partial charge on any atom is -0.326 e. The zero-order valence-corrected chi connectivity index (χ0v) is 14.5. The van der Waals surface area contributed by atoms with Gasteiger partial charge in [0.2, 0.25) is 10.0 Å². The molecule has 0 aliphatic heterocycles. The van der Waals surface area contributed by atoms with Gasteiger partial charge in [-0.3, -0.25) is 0 Å². The number of sulfonamides is 1. The van der Waals surface area contributed by atoms with E-state index in [4.69, 9.17) is 17.3 Å². The van der Waals surface area contributed by atoms with Gasteiger partial charge in [0.25, 0.3) is 0 Å². The molecule has 9 heteroatoms. The molecule has 1 aromatic carbocycles. The van der Waals surface area contributed by atoms with Gasteiger partial charge in [0, 0.05) is 22.4 Å². The number of rotatable bonds is 5. The molecule has 1 heterocycles. The molecule has 4 nitrogen and oxygen atoms in total. The Morgan fingerprint density at radius 1 is 1.43 bits per heavy atom. The summed E-state index contributed by atoms with van der Waals surface area (Å²) in [5.41, 5.74) is 5.68. The van der Waals surface area contributed by atoms with E-state index in [2.05, 4.69) is 20.7 Å². The normalized spacial score (nSPS) is 11.8. The Morgan fingerprint density at radius 2 is 2.14 bits per heavy atom. The van der Waals surface area contributed by atoms with Gasteiger partial charge in [-0.15, -0.1) is 11.3 Å². The fourth-order valence-electron chi connectivity index (χ4n) is 1.62. The topological polar surface area (TPSA) is 72.2 Å².